The summed E-state index contributed by atoms with van der Waals surface area (Å²) in [4.78, 5) is 23.5. The fraction of sp³-hybridized carbons (Fsp3) is 0.444. The number of fused-ring (bicyclic) bond motifs is 1. The maximum atomic E-state index is 11.8. The van der Waals surface area contributed by atoms with Crippen LogP contribution in [-0.4, -0.2) is 11.6 Å². The van der Waals surface area contributed by atoms with E-state index in [2.05, 4.69) is 6.92 Å². The van der Waals surface area contributed by atoms with Crippen LogP contribution in [0.15, 0.2) is 30.4 Å². The van der Waals surface area contributed by atoms with Gasteiger partial charge in [0.25, 0.3) is 0 Å². The van der Waals surface area contributed by atoms with Crippen molar-refractivity contribution < 1.29 is 9.59 Å². The number of benzene rings is 1. The lowest BCUT2D eigenvalue weighted by molar-refractivity contribution is 0.0994. The van der Waals surface area contributed by atoms with Crippen molar-refractivity contribution in [1.29, 1.82) is 0 Å². The molecular formula is C18H22O2. The Kier molecular flexibility index (Phi) is 5.28. The molecule has 0 unspecified atom stereocenters. The van der Waals surface area contributed by atoms with E-state index in [4.69, 9.17) is 0 Å². The molecule has 0 aliphatic heterocycles. The van der Waals surface area contributed by atoms with Crippen molar-refractivity contribution in [2.45, 2.75) is 51.9 Å². The van der Waals surface area contributed by atoms with E-state index in [0.717, 1.165) is 18.4 Å². The largest absolute Gasteiger partial charge is 0.289 e. The quantitative estimate of drug-likeness (QED) is 0.682. The molecule has 0 fully saturated rings. The first-order valence-corrected chi connectivity index (χ1v) is 7.62. The maximum Gasteiger partial charge on any atom is 0.186 e. The van der Waals surface area contributed by atoms with Crippen LogP contribution in [-0.2, 0) is 6.42 Å². The van der Waals surface area contributed by atoms with Crippen LogP contribution in [0, 0.1) is 0 Å². The van der Waals surface area contributed by atoms with Gasteiger partial charge < -0.3 is 0 Å². The maximum absolute atomic E-state index is 11.8. The highest BCUT2D eigenvalue weighted by Gasteiger charge is 2.18. The van der Waals surface area contributed by atoms with E-state index in [-0.39, 0.29) is 11.6 Å². The Morgan fingerprint density at radius 3 is 2.20 bits per heavy atom. The fourth-order valence-corrected chi connectivity index (χ4v) is 2.61. The van der Waals surface area contributed by atoms with Gasteiger partial charge in [0.1, 0.15) is 0 Å². The molecule has 0 aromatic heterocycles. The first-order chi connectivity index (χ1) is 9.72. The predicted molar refractivity (Wildman–Crippen MR) is 81.3 cm³/mol. The van der Waals surface area contributed by atoms with Crippen molar-refractivity contribution in [3.8, 4) is 0 Å². The molecule has 0 saturated heterocycles. The van der Waals surface area contributed by atoms with E-state index < -0.39 is 0 Å². The zero-order valence-corrected chi connectivity index (χ0v) is 12.2. The van der Waals surface area contributed by atoms with E-state index in [1.807, 2.05) is 12.1 Å². The van der Waals surface area contributed by atoms with E-state index >= 15 is 0 Å². The summed E-state index contributed by atoms with van der Waals surface area (Å²) in [5.41, 5.74) is 2.28. The third-order valence-electron chi connectivity index (χ3n) is 3.82. The smallest absolute Gasteiger partial charge is 0.186 e. The Balaban J connectivity index is 1.90. The Morgan fingerprint density at radius 2 is 1.45 bits per heavy atom. The van der Waals surface area contributed by atoms with Crippen molar-refractivity contribution >= 4 is 11.6 Å². The third-order valence-corrected chi connectivity index (χ3v) is 3.82. The number of unbranched alkanes of at least 4 members (excludes halogenated alkanes) is 5. The normalized spacial score (nSPS) is 13.7. The third kappa shape index (κ3) is 3.66. The molecule has 0 amide bonds. The van der Waals surface area contributed by atoms with E-state index in [1.165, 1.54) is 44.3 Å². The molecule has 0 N–H and O–H groups in total. The lowest BCUT2D eigenvalue weighted by Crippen LogP contribution is -2.11. The summed E-state index contributed by atoms with van der Waals surface area (Å²) in [6.45, 7) is 2.22. The molecule has 0 radical (unpaired) electrons. The second-order valence-corrected chi connectivity index (χ2v) is 5.46. The summed E-state index contributed by atoms with van der Waals surface area (Å²) >= 11 is 0. The molecule has 0 saturated carbocycles. The van der Waals surface area contributed by atoms with Gasteiger partial charge in [-0.2, -0.15) is 0 Å². The van der Waals surface area contributed by atoms with Crippen LogP contribution in [0.25, 0.3) is 0 Å². The van der Waals surface area contributed by atoms with Gasteiger partial charge in [-0.15, -0.1) is 0 Å². The van der Waals surface area contributed by atoms with Crippen LogP contribution in [0.5, 0.6) is 0 Å². The van der Waals surface area contributed by atoms with Crippen LogP contribution < -0.4 is 0 Å². The number of carbonyl (C=O) groups excluding carboxylic acids is 2. The Hall–Kier alpha value is -1.70. The number of hydrogen-bond acceptors (Lipinski definition) is 2. The summed E-state index contributed by atoms with van der Waals surface area (Å²) in [5.74, 6) is -0.116. The monoisotopic (exact) mass is 270 g/mol. The Labute approximate surface area is 120 Å². The molecule has 0 atom stereocenters. The van der Waals surface area contributed by atoms with Gasteiger partial charge in [0, 0.05) is 11.1 Å². The molecule has 106 valence electrons. The van der Waals surface area contributed by atoms with E-state index in [0.29, 0.717) is 11.1 Å². The lowest BCUT2D eigenvalue weighted by atomic mass is 9.92. The molecular weight excluding hydrogens is 248 g/mol. The SMILES string of the molecule is CCCCCCCCc1ccc2c(c1)C(=O)C=CC2=O. The van der Waals surface area contributed by atoms with Crippen molar-refractivity contribution in [3.05, 3.63) is 47.0 Å². The number of aryl methyl sites for hydroxylation is 1. The van der Waals surface area contributed by atoms with Crippen LogP contribution in [0.2, 0.25) is 0 Å². The minimum Gasteiger partial charge on any atom is -0.289 e. The van der Waals surface area contributed by atoms with Crippen LogP contribution in [0.4, 0.5) is 0 Å². The number of rotatable bonds is 7. The van der Waals surface area contributed by atoms with Crippen LogP contribution in [0.1, 0.15) is 71.7 Å². The second-order valence-electron chi connectivity index (χ2n) is 5.46. The van der Waals surface area contributed by atoms with Gasteiger partial charge in [-0.3, -0.25) is 9.59 Å². The lowest BCUT2D eigenvalue weighted by Gasteiger charge is -2.10. The first-order valence-electron chi connectivity index (χ1n) is 7.62. The molecule has 1 aliphatic carbocycles. The van der Waals surface area contributed by atoms with Gasteiger partial charge in [-0.1, -0.05) is 51.2 Å². The van der Waals surface area contributed by atoms with Gasteiger partial charge in [-0.25, -0.2) is 0 Å². The highest BCUT2D eigenvalue weighted by Crippen LogP contribution is 2.20. The van der Waals surface area contributed by atoms with E-state index in [1.54, 1.807) is 6.07 Å². The topological polar surface area (TPSA) is 34.1 Å². The number of ketones is 2. The zero-order valence-electron chi connectivity index (χ0n) is 12.2. The second kappa shape index (κ2) is 7.18. The number of hydrogen-bond donors (Lipinski definition) is 0. The fourth-order valence-electron chi connectivity index (χ4n) is 2.61. The molecule has 2 heteroatoms. The summed E-state index contributed by atoms with van der Waals surface area (Å²) in [5, 5.41) is 0. The average molecular weight is 270 g/mol. The minimum absolute atomic E-state index is 0.0515. The first kappa shape index (κ1) is 14.7. The standard InChI is InChI=1S/C18H22O2/c1-2-3-4-5-6-7-8-14-9-10-15-16(13-14)18(20)12-11-17(15)19/h9-13H,2-8H2,1H3. The molecule has 2 rings (SSSR count). The molecule has 0 spiro atoms. The van der Waals surface area contributed by atoms with Gasteiger partial charge in [0.15, 0.2) is 11.6 Å². The van der Waals surface area contributed by atoms with Gasteiger partial charge in [-0.05, 0) is 36.6 Å². The van der Waals surface area contributed by atoms with Crippen molar-refractivity contribution in [2.75, 3.05) is 0 Å². The van der Waals surface area contributed by atoms with Crippen molar-refractivity contribution in [2.24, 2.45) is 0 Å². The van der Waals surface area contributed by atoms with Crippen molar-refractivity contribution in [1.82, 2.24) is 0 Å². The average Bonchev–Trinajstić information content (AvgIpc) is 2.47. The predicted octanol–water partition coefficient (Wildman–Crippen LogP) is 4.52. The van der Waals surface area contributed by atoms with E-state index in [9.17, 15) is 9.59 Å². The number of carbonyl (C=O) groups is 2. The Bertz CT molecular complexity index is 526. The highest BCUT2D eigenvalue weighted by atomic mass is 16.1. The molecule has 20 heavy (non-hydrogen) atoms. The summed E-state index contributed by atoms with van der Waals surface area (Å²) in [6.07, 6.45) is 11.3. The summed E-state index contributed by atoms with van der Waals surface area (Å²) < 4.78 is 0. The summed E-state index contributed by atoms with van der Waals surface area (Å²) in [7, 11) is 0. The van der Waals surface area contributed by atoms with Crippen LogP contribution >= 0.6 is 0 Å². The molecule has 1 aromatic rings. The number of allylic oxidation sites excluding steroid dienone is 2. The minimum atomic E-state index is -0.0642. The van der Waals surface area contributed by atoms with Gasteiger partial charge in [0.2, 0.25) is 0 Å². The molecule has 2 nitrogen and oxygen atoms in total. The highest BCUT2D eigenvalue weighted by molar-refractivity contribution is 6.22. The molecule has 1 aromatic carbocycles. The van der Waals surface area contributed by atoms with Crippen LogP contribution in [0.3, 0.4) is 0 Å². The molecule has 1 aliphatic rings. The molecule has 0 heterocycles. The van der Waals surface area contributed by atoms with Gasteiger partial charge in [0.05, 0.1) is 0 Å². The Morgan fingerprint density at radius 1 is 0.800 bits per heavy atom. The van der Waals surface area contributed by atoms with Crippen molar-refractivity contribution in [3.63, 3.8) is 0 Å². The molecule has 0 bridgehead atoms. The van der Waals surface area contributed by atoms with Gasteiger partial charge >= 0.3 is 0 Å². The summed E-state index contributed by atoms with van der Waals surface area (Å²) in [6, 6.07) is 5.67. The zero-order chi connectivity index (χ0) is 14.4.